The van der Waals surface area contributed by atoms with Crippen molar-refractivity contribution >= 4 is 20.0 Å². The van der Waals surface area contributed by atoms with Gasteiger partial charge in [0, 0.05) is 13.0 Å². The van der Waals surface area contributed by atoms with Crippen molar-refractivity contribution in [3.05, 3.63) is 35.9 Å². The summed E-state index contributed by atoms with van der Waals surface area (Å²) in [5.74, 6) is -1.48. The highest BCUT2D eigenvalue weighted by molar-refractivity contribution is 6.77. The number of esters is 2. The van der Waals surface area contributed by atoms with Crippen molar-refractivity contribution in [3.8, 4) is 0 Å². The Morgan fingerprint density at radius 3 is 2.48 bits per heavy atom. The highest BCUT2D eigenvalue weighted by Gasteiger charge is 2.60. The van der Waals surface area contributed by atoms with Crippen molar-refractivity contribution in [2.24, 2.45) is 5.92 Å². The normalized spacial score (nSPS) is 28.7. The zero-order valence-electron chi connectivity index (χ0n) is 18.9. The number of hydrogen-bond acceptors (Lipinski definition) is 8. The molecule has 2 saturated heterocycles. The van der Waals surface area contributed by atoms with Gasteiger partial charge in [0.25, 0.3) is 0 Å². The fourth-order valence-corrected chi connectivity index (χ4v) is 5.79. The second-order valence-electron chi connectivity index (χ2n) is 9.02. The van der Waals surface area contributed by atoms with Crippen LogP contribution in [0.25, 0.3) is 0 Å². The summed E-state index contributed by atoms with van der Waals surface area (Å²) in [6.07, 6.45) is 0.901. The molecule has 8 nitrogen and oxygen atoms in total. The fourth-order valence-electron chi connectivity index (χ4n) is 3.96. The summed E-state index contributed by atoms with van der Waals surface area (Å²) in [4.78, 5) is 37.7. The molecular weight excluding hydrogens is 418 g/mol. The average Bonchev–Trinajstić information content (AvgIpc) is 3.14. The lowest BCUT2D eigenvalue weighted by molar-refractivity contribution is -0.441. The molecule has 2 aliphatic heterocycles. The van der Waals surface area contributed by atoms with Gasteiger partial charge >= 0.3 is 11.9 Å². The maximum atomic E-state index is 12.8. The Hall–Kier alpha value is -1.78. The van der Waals surface area contributed by atoms with Crippen LogP contribution in [0, 0.1) is 5.92 Å². The Morgan fingerprint density at radius 1 is 1.16 bits per heavy atom. The maximum Gasteiger partial charge on any atom is 0.338 e. The first kappa shape index (κ1) is 23.9. The summed E-state index contributed by atoms with van der Waals surface area (Å²) in [6, 6.07) is 8.18. The van der Waals surface area contributed by atoms with Gasteiger partial charge in [-0.05, 0) is 18.6 Å². The number of nitrogens with zero attached hydrogens (tertiary/aromatic N) is 1. The third-order valence-corrected chi connectivity index (χ3v) is 7.75. The minimum absolute atomic E-state index is 0.304. The molecule has 9 heteroatoms. The van der Waals surface area contributed by atoms with Crippen molar-refractivity contribution in [2.75, 3.05) is 13.7 Å². The largest absolute Gasteiger partial charge is 0.469 e. The third-order valence-electron chi connectivity index (χ3n) is 5.58. The van der Waals surface area contributed by atoms with Crippen LogP contribution in [-0.4, -0.2) is 63.1 Å². The second kappa shape index (κ2) is 10.2. The topological polar surface area (TPSA) is 83.5 Å². The van der Waals surface area contributed by atoms with E-state index in [1.165, 1.54) is 12.3 Å². The summed E-state index contributed by atoms with van der Waals surface area (Å²) < 4.78 is 16.9. The minimum atomic E-state index is -1.97. The van der Waals surface area contributed by atoms with Crippen LogP contribution in [0.5, 0.6) is 0 Å². The molecule has 0 bridgehead atoms. The maximum absolute atomic E-state index is 12.8. The van der Waals surface area contributed by atoms with E-state index in [1.54, 1.807) is 24.3 Å². The number of hydrogen-bond donors (Lipinski definition) is 0. The Bertz CT molecular complexity index is 754. The van der Waals surface area contributed by atoms with E-state index in [-0.39, 0.29) is 5.73 Å². The molecule has 172 valence electrons. The minimum Gasteiger partial charge on any atom is -0.469 e. The van der Waals surface area contributed by atoms with Gasteiger partial charge in [-0.3, -0.25) is 9.63 Å². The Kier molecular flexibility index (Phi) is 7.87. The molecule has 0 aliphatic carbocycles. The third kappa shape index (κ3) is 5.53. The van der Waals surface area contributed by atoms with Gasteiger partial charge in [0.15, 0.2) is 6.29 Å². The van der Waals surface area contributed by atoms with Gasteiger partial charge in [0.2, 0.25) is 0 Å². The van der Waals surface area contributed by atoms with E-state index in [2.05, 4.69) is 26.6 Å². The van der Waals surface area contributed by atoms with E-state index in [0.717, 1.165) is 12.8 Å². The summed E-state index contributed by atoms with van der Waals surface area (Å²) in [5, 5.41) is 1.33. The van der Waals surface area contributed by atoms with Gasteiger partial charge in [-0.15, -0.1) is 0 Å². The standard InChI is InChI=1S/C22H33NO7Si/c1-6-7-13-27-17-14-16(28-20(24)15-11-9-8-10-12-15)19-18(21(25)26-2)22(31(3,4)5)30-23(19)29-17/h8-12,16-19,22H,6-7,13-14H2,1-5H3/t16-,17-,18+,19-,22+/m0/s1. The molecule has 31 heavy (non-hydrogen) atoms. The summed E-state index contributed by atoms with van der Waals surface area (Å²) in [6.45, 7) is 8.95. The van der Waals surface area contributed by atoms with E-state index >= 15 is 0 Å². The fraction of sp³-hybridized carbons (Fsp3) is 0.636. The van der Waals surface area contributed by atoms with Gasteiger partial charge in [-0.1, -0.05) is 56.4 Å². The Balaban J connectivity index is 1.87. The van der Waals surface area contributed by atoms with Crippen LogP contribution >= 0.6 is 0 Å². The van der Waals surface area contributed by atoms with Crippen LogP contribution < -0.4 is 0 Å². The predicted molar refractivity (Wildman–Crippen MR) is 115 cm³/mol. The summed E-state index contributed by atoms with van der Waals surface area (Å²) >= 11 is 0. The van der Waals surface area contributed by atoms with Crippen LogP contribution in [0.4, 0.5) is 0 Å². The molecule has 0 radical (unpaired) electrons. The summed E-state index contributed by atoms with van der Waals surface area (Å²) in [5.41, 5.74) is 0.0662. The van der Waals surface area contributed by atoms with Crippen molar-refractivity contribution in [1.29, 1.82) is 0 Å². The first-order valence-corrected chi connectivity index (χ1v) is 14.4. The van der Waals surface area contributed by atoms with Gasteiger partial charge in [-0.2, -0.15) is 0 Å². The van der Waals surface area contributed by atoms with Crippen LogP contribution in [-0.2, 0) is 28.7 Å². The molecule has 1 aromatic carbocycles. The lowest BCUT2D eigenvalue weighted by Crippen LogP contribution is -2.55. The lowest BCUT2D eigenvalue weighted by atomic mass is 9.93. The number of ether oxygens (including phenoxy) is 3. The number of methoxy groups -OCH3 is 1. The van der Waals surface area contributed by atoms with E-state index in [4.69, 9.17) is 23.9 Å². The molecule has 2 heterocycles. The van der Waals surface area contributed by atoms with Crippen molar-refractivity contribution < 1.29 is 33.5 Å². The van der Waals surface area contributed by atoms with Gasteiger partial charge in [0.05, 0.1) is 26.5 Å². The molecule has 0 saturated carbocycles. The number of carbonyl (C=O) groups is 2. The molecular formula is C22H33NO7Si. The Morgan fingerprint density at radius 2 is 1.87 bits per heavy atom. The predicted octanol–water partition coefficient (Wildman–Crippen LogP) is 3.34. The number of unbranched alkanes of at least 4 members (excludes halogenated alkanes) is 1. The smallest absolute Gasteiger partial charge is 0.338 e. The van der Waals surface area contributed by atoms with Crippen molar-refractivity contribution in [2.45, 2.75) is 70.0 Å². The van der Waals surface area contributed by atoms with Gasteiger partial charge < -0.3 is 14.2 Å². The molecule has 0 spiro atoms. The number of carbonyl (C=O) groups excluding carboxylic acids is 2. The molecule has 3 rings (SSSR count). The number of hydroxylamine groups is 2. The quantitative estimate of drug-likeness (QED) is 0.338. The Labute approximate surface area is 184 Å². The highest BCUT2D eigenvalue weighted by Crippen LogP contribution is 2.41. The number of benzene rings is 1. The zero-order chi connectivity index (χ0) is 22.6. The lowest BCUT2D eigenvalue weighted by Gasteiger charge is -2.38. The number of rotatable bonds is 8. The molecule has 5 atom stereocenters. The zero-order valence-corrected chi connectivity index (χ0v) is 19.9. The summed E-state index contributed by atoms with van der Waals surface area (Å²) in [7, 11) is -0.609. The van der Waals surface area contributed by atoms with E-state index in [1.807, 2.05) is 6.07 Å². The molecule has 1 aromatic rings. The molecule has 0 unspecified atom stereocenters. The molecule has 2 aliphatic rings. The van der Waals surface area contributed by atoms with Crippen LogP contribution in [0.3, 0.4) is 0 Å². The van der Waals surface area contributed by atoms with E-state index < -0.39 is 44.4 Å². The van der Waals surface area contributed by atoms with Crippen LogP contribution in [0.1, 0.15) is 36.5 Å². The van der Waals surface area contributed by atoms with Crippen LogP contribution in [0.15, 0.2) is 30.3 Å². The monoisotopic (exact) mass is 451 g/mol. The number of fused-ring (bicyclic) bond motifs is 1. The van der Waals surface area contributed by atoms with E-state index in [9.17, 15) is 9.59 Å². The van der Waals surface area contributed by atoms with Crippen LogP contribution in [0.2, 0.25) is 19.6 Å². The second-order valence-corrected chi connectivity index (χ2v) is 14.3. The van der Waals surface area contributed by atoms with Crippen molar-refractivity contribution in [1.82, 2.24) is 5.23 Å². The first-order chi connectivity index (χ1) is 14.8. The van der Waals surface area contributed by atoms with Gasteiger partial charge in [0.1, 0.15) is 18.1 Å². The average molecular weight is 452 g/mol. The van der Waals surface area contributed by atoms with E-state index in [0.29, 0.717) is 18.6 Å². The highest BCUT2D eigenvalue weighted by atomic mass is 28.3. The molecule has 0 amide bonds. The first-order valence-electron chi connectivity index (χ1n) is 10.8. The molecule has 2 fully saturated rings. The molecule has 0 N–H and O–H groups in total. The SMILES string of the molecule is CCCCO[C@@H]1C[C@H](OC(=O)c2ccccc2)[C@H]2[C@H](C(=O)OC)[C@@H]([Si](C)(C)C)ON2O1. The van der Waals surface area contributed by atoms with Crippen molar-refractivity contribution in [3.63, 3.8) is 0 Å². The molecule has 0 aromatic heterocycles. The van der Waals surface area contributed by atoms with Gasteiger partial charge in [-0.25, -0.2) is 9.63 Å².